The van der Waals surface area contributed by atoms with Crippen molar-refractivity contribution in [1.29, 1.82) is 0 Å². The van der Waals surface area contributed by atoms with E-state index in [1.807, 2.05) is 6.07 Å². The molecule has 1 atom stereocenters. The molecule has 1 unspecified atom stereocenters. The Kier molecular flexibility index (Phi) is 11.4. The second kappa shape index (κ2) is 12.4. The van der Waals surface area contributed by atoms with Crippen LogP contribution in [0.4, 0.5) is 0 Å². The largest absolute Gasteiger partial charge is 0.255 e. The van der Waals surface area contributed by atoms with E-state index >= 15 is 0 Å². The molecule has 2 heteroatoms. The van der Waals surface area contributed by atoms with E-state index in [1.54, 1.807) is 0 Å². The molecule has 2 nitrogen and oxygen atoms in total. The predicted octanol–water partition coefficient (Wildman–Crippen LogP) is 5.47. The van der Waals surface area contributed by atoms with Crippen molar-refractivity contribution in [2.45, 2.75) is 39.5 Å². The third kappa shape index (κ3) is 7.72. The average molecular weight is 274 g/mol. The van der Waals surface area contributed by atoms with Gasteiger partial charge in [0.05, 0.1) is 0 Å². The quantitative estimate of drug-likeness (QED) is 0.576. The van der Waals surface area contributed by atoms with Gasteiger partial charge in [-0.1, -0.05) is 81.4 Å². The van der Waals surface area contributed by atoms with Crippen LogP contribution in [0.3, 0.4) is 0 Å². The summed E-state index contributed by atoms with van der Waals surface area (Å²) in [5.74, 6) is 0.709. The molecule has 2 aromatic carbocycles. The highest BCUT2D eigenvalue weighted by atomic mass is 17.0. The Bertz CT molecular complexity index is 412. The molecule has 20 heavy (non-hydrogen) atoms. The van der Waals surface area contributed by atoms with E-state index in [0.717, 1.165) is 6.42 Å². The molecular weight excluding hydrogens is 248 g/mol. The summed E-state index contributed by atoms with van der Waals surface area (Å²) in [6, 6.07) is 21.1. The van der Waals surface area contributed by atoms with E-state index in [2.05, 4.69) is 75.4 Å². The summed E-state index contributed by atoms with van der Waals surface area (Å²) >= 11 is 0. The molecule has 0 aliphatic carbocycles. The van der Waals surface area contributed by atoms with E-state index in [-0.39, 0.29) is 0 Å². The minimum atomic E-state index is 0.709. The fourth-order valence-corrected chi connectivity index (χ4v) is 1.73. The third-order valence-electron chi connectivity index (χ3n) is 3.23. The molecule has 0 spiro atoms. The Hall–Kier alpha value is -1.64. The minimum absolute atomic E-state index is 0.709. The first-order valence-corrected chi connectivity index (χ1v) is 7.06. The van der Waals surface area contributed by atoms with Gasteiger partial charge in [0, 0.05) is 0 Å². The first-order chi connectivity index (χ1) is 9.77. The smallest absolute Gasteiger partial charge is 0.0193 e. The Morgan fingerprint density at radius 2 is 1.25 bits per heavy atom. The molecule has 2 aromatic rings. The van der Waals surface area contributed by atoms with Gasteiger partial charge in [-0.3, -0.25) is 10.5 Å². The van der Waals surface area contributed by atoms with Gasteiger partial charge in [0.15, 0.2) is 0 Å². The van der Waals surface area contributed by atoms with Gasteiger partial charge < -0.3 is 0 Å². The monoisotopic (exact) mass is 274 g/mol. The van der Waals surface area contributed by atoms with Gasteiger partial charge in [0.2, 0.25) is 0 Å². The van der Waals surface area contributed by atoms with E-state index in [1.165, 1.54) is 17.5 Å². The maximum Gasteiger partial charge on any atom is -0.0193 e. The molecule has 0 heterocycles. The van der Waals surface area contributed by atoms with Crippen molar-refractivity contribution in [3.8, 4) is 0 Å². The predicted molar refractivity (Wildman–Crippen MR) is 86.2 cm³/mol. The molecular formula is C18H26O2. The lowest BCUT2D eigenvalue weighted by Gasteiger charge is -2.06. The Morgan fingerprint density at radius 3 is 1.60 bits per heavy atom. The first kappa shape index (κ1) is 18.4. The van der Waals surface area contributed by atoms with Gasteiger partial charge in [-0.05, 0) is 29.9 Å². The lowest BCUT2D eigenvalue weighted by atomic mass is 9.99. The highest BCUT2D eigenvalue weighted by molar-refractivity contribution is 5.18. The van der Waals surface area contributed by atoms with E-state index < -0.39 is 0 Å². The van der Waals surface area contributed by atoms with Crippen LogP contribution in [0.25, 0.3) is 0 Å². The maximum atomic E-state index is 6.00. The van der Waals surface area contributed by atoms with Crippen LogP contribution in [0.15, 0.2) is 60.7 Å². The first-order valence-electron chi connectivity index (χ1n) is 7.06. The molecule has 2 N–H and O–H groups in total. The molecule has 0 aromatic heterocycles. The van der Waals surface area contributed by atoms with E-state index in [0.29, 0.717) is 5.92 Å². The number of rotatable bonds is 3. The fourth-order valence-electron chi connectivity index (χ4n) is 1.73. The van der Waals surface area contributed by atoms with Gasteiger partial charge in [-0.2, -0.15) is 0 Å². The van der Waals surface area contributed by atoms with Crippen molar-refractivity contribution in [3.63, 3.8) is 0 Å². The van der Waals surface area contributed by atoms with Gasteiger partial charge in [-0.25, -0.2) is 0 Å². The number of aryl methyl sites for hydroxylation is 1. The number of hydrogen-bond acceptors (Lipinski definition) is 2. The van der Waals surface area contributed by atoms with Crippen LogP contribution in [0.5, 0.6) is 0 Å². The molecule has 0 aliphatic rings. The van der Waals surface area contributed by atoms with Gasteiger partial charge in [-0.15, -0.1) is 0 Å². The molecule has 0 bridgehead atoms. The normalized spacial score (nSPS) is 10.4. The van der Waals surface area contributed by atoms with Crippen molar-refractivity contribution in [2.24, 2.45) is 0 Å². The number of hydrogen-bond donors (Lipinski definition) is 2. The molecule has 2 rings (SSSR count). The van der Waals surface area contributed by atoms with Crippen LogP contribution in [0.1, 0.15) is 44.2 Å². The topological polar surface area (TPSA) is 40.5 Å². The summed E-state index contributed by atoms with van der Waals surface area (Å²) < 4.78 is 0. The van der Waals surface area contributed by atoms with E-state index in [9.17, 15) is 0 Å². The Morgan fingerprint density at radius 1 is 0.800 bits per heavy atom. The molecule has 110 valence electrons. The maximum absolute atomic E-state index is 6.00. The van der Waals surface area contributed by atoms with Crippen LogP contribution < -0.4 is 0 Å². The zero-order chi connectivity index (χ0) is 15.2. The van der Waals surface area contributed by atoms with Gasteiger partial charge in [0.25, 0.3) is 0 Å². The summed E-state index contributed by atoms with van der Waals surface area (Å²) in [6.07, 6.45) is 2.37. The molecule has 0 amide bonds. The zero-order valence-corrected chi connectivity index (χ0v) is 12.7. The summed E-state index contributed by atoms with van der Waals surface area (Å²) in [6.45, 7) is 6.64. The van der Waals surface area contributed by atoms with Gasteiger partial charge >= 0.3 is 0 Å². The minimum Gasteiger partial charge on any atom is -0.255 e. The zero-order valence-electron chi connectivity index (χ0n) is 12.7. The van der Waals surface area contributed by atoms with Crippen LogP contribution in [-0.2, 0) is 6.42 Å². The van der Waals surface area contributed by atoms with Crippen molar-refractivity contribution in [3.05, 3.63) is 71.8 Å². The molecule has 0 fully saturated rings. The van der Waals surface area contributed by atoms with Crippen molar-refractivity contribution in [2.75, 3.05) is 0 Å². The summed E-state index contributed by atoms with van der Waals surface area (Å²) in [4.78, 5) is 0. The second-order valence-electron chi connectivity index (χ2n) is 4.56. The van der Waals surface area contributed by atoms with Crippen molar-refractivity contribution in [1.82, 2.24) is 0 Å². The molecule has 0 aliphatic heterocycles. The lowest BCUT2D eigenvalue weighted by Crippen LogP contribution is -1.88. The Labute approximate surface area is 122 Å². The Balaban J connectivity index is 0.000000327. The van der Waals surface area contributed by atoms with Crippen molar-refractivity contribution >= 4 is 0 Å². The highest BCUT2D eigenvalue weighted by Gasteiger charge is 1.98. The molecule has 0 radical (unpaired) electrons. The second-order valence-corrected chi connectivity index (χ2v) is 4.56. The average Bonchev–Trinajstić information content (AvgIpc) is 2.58. The van der Waals surface area contributed by atoms with Crippen LogP contribution in [0.2, 0.25) is 0 Å². The van der Waals surface area contributed by atoms with Crippen LogP contribution in [0, 0.1) is 0 Å². The van der Waals surface area contributed by atoms with Gasteiger partial charge in [0.1, 0.15) is 0 Å². The van der Waals surface area contributed by atoms with Crippen LogP contribution in [-0.4, -0.2) is 10.5 Å². The standard InChI is InChI=1S/C10H14.C8H10.H2O2/c1-3-9(2)10-7-5-4-6-8-10;1-2-8-6-4-3-5-7-8;1-2/h4-9H,3H2,1-2H3;3-7H,2H2,1H3;1-2H. The fraction of sp³-hybridized carbons (Fsp3) is 0.333. The summed E-state index contributed by atoms with van der Waals surface area (Å²) in [7, 11) is 0. The van der Waals surface area contributed by atoms with Crippen LogP contribution >= 0.6 is 0 Å². The van der Waals surface area contributed by atoms with Crippen molar-refractivity contribution < 1.29 is 10.5 Å². The number of benzene rings is 2. The summed E-state index contributed by atoms with van der Waals surface area (Å²) in [5.41, 5.74) is 2.86. The SMILES string of the molecule is CCC(C)c1ccccc1.CCc1ccccc1.OO. The molecule has 0 saturated heterocycles. The summed E-state index contributed by atoms with van der Waals surface area (Å²) in [5, 5.41) is 12.0. The lowest BCUT2D eigenvalue weighted by molar-refractivity contribution is -0.176. The van der Waals surface area contributed by atoms with E-state index in [4.69, 9.17) is 10.5 Å². The third-order valence-corrected chi connectivity index (χ3v) is 3.23. The molecule has 0 saturated carbocycles. The highest BCUT2D eigenvalue weighted by Crippen LogP contribution is 2.16.